The van der Waals surface area contributed by atoms with Gasteiger partial charge in [-0.15, -0.1) is 0 Å². The van der Waals surface area contributed by atoms with Crippen molar-refractivity contribution in [2.24, 2.45) is 0 Å². The van der Waals surface area contributed by atoms with Gasteiger partial charge in [-0.1, -0.05) is 44.2 Å². The van der Waals surface area contributed by atoms with E-state index in [9.17, 15) is 14.7 Å². The predicted octanol–water partition coefficient (Wildman–Crippen LogP) is 6.15. The van der Waals surface area contributed by atoms with Crippen molar-refractivity contribution in [1.29, 1.82) is 0 Å². The molecule has 0 bridgehead atoms. The number of anilines is 1. The van der Waals surface area contributed by atoms with E-state index in [2.05, 4.69) is 0 Å². The van der Waals surface area contributed by atoms with Crippen LogP contribution in [-0.4, -0.2) is 30.5 Å². The van der Waals surface area contributed by atoms with E-state index in [-0.39, 0.29) is 17.3 Å². The largest absolute Gasteiger partial charge is 0.507 e. The predicted molar refractivity (Wildman–Crippen MR) is 141 cm³/mol. The fourth-order valence-corrected chi connectivity index (χ4v) is 4.66. The van der Waals surface area contributed by atoms with Gasteiger partial charge in [-0.05, 0) is 66.8 Å². The first-order valence-electron chi connectivity index (χ1n) is 12.1. The molecule has 0 saturated carbocycles. The lowest BCUT2D eigenvalue weighted by Crippen LogP contribution is -2.29. The summed E-state index contributed by atoms with van der Waals surface area (Å²) in [7, 11) is 1.60. The second-order valence-electron chi connectivity index (χ2n) is 9.07. The van der Waals surface area contributed by atoms with Crippen LogP contribution in [0.1, 0.15) is 55.0 Å². The third kappa shape index (κ3) is 4.47. The van der Waals surface area contributed by atoms with E-state index < -0.39 is 17.7 Å². The van der Waals surface area contributed by atoms with Crippen LogP contribution in [-0.2, 0) is 9.59 Å². The summed E-state index contributed by atoms with van der Waals surface area (Å²) < 4.78 is 11.1. The standard InChI is InChI=1S/C30H31NO5/c1-6-36-22-12-9-11-21(17-22)31-27(23-13-8-7-10-19(23)4)26(29(33)30(31)34)28(32)20-14-15-25(35-5)24(16-20)18(2)3/h7-18,27,32H,6H2,1-5H3/b28-26+. The fraction of sp³-hybridized carbons (Fsp3) is 0.267. The summed E-state index contributed by atoms with van der Waals surface area (Å²) >= 11 is 0. The van der Waals surface area contributed by atoms with Gasteiger partial charge in [-0.25, -0.2) is 0 Å². The highest BCUT2D eigenvalue weighted by molar-refractivity contribution is 6.51. The van der Waals surface area contributed by atoms with E-state index in [0.717, 1.165) is 16.7 Å². The minimum atomic E-state index is -0.798. The molecule has 0 spiro atoms. The number of rotatable bonds is 7. The summed E-state index contributed by atoms with van der Waals surface area (Å²) in [4.78, 5) is 28.4. The van der Waals surface area contributed by atoms with Crippen molar-refractivity contribution in [3.8, 4) is 11.5 Å². The zero-order valence-electron chi connectivity index (χ0n) is 21.2. The van der Waals surface area contributed by atoms with E-state index in [0.29, 0.717) is 29.4 Å². The molecule has 1 amide bonds. The molecular weight excluding hydrogens is 454 g/mol. The molecule has 0 radical (unpaired) electrons. The maximum Gasteiger partial charge on any atom is 0.300 e. The normalized spacial score (nSPS) is 17.1. The van der Waals surface area contributed by atoms with Crippen molar-refractivity contribution < 1.29 is 24.2 Å². The van der Waals surface area contributed by atoms with E-state index in [1.54, 1.807) is 43.5 Å². The van der Waals surface area contributed by atoms with Gasteiger partial charge < -0.3 is 14.6 Å². The highest BCUT2D eigenvalue weighted by Gasteiger charge is 2.47. The lowest BCUT2D eigenvalue weighted by Gasteiger charge is -2.27. The van der Waals surface area contributed by atoms with Gasteiger partial charge in [-0.3, -0.25) is 14.5 Å². The average Bonchev–Trinajstić information content (AvgIpc) is 3.13. The molecular formula is C30H31NO5. The summed E-state index contributed by atoms with van der Waals surface area (Å²) in [6.07, 6.45) is 0. The van der Waals surface area contributed by atoms with Gasteiger partial charge in [0.15, 0.2) is 0 Å². The van der Waals surface area contributed by atoms with Gasteiger partial charge in [0.1, 0.15) is 17.3 Å². The Hall–Kier alpha value is -4.06. The minimum Gasteiger partial charge on any atom is -0.507 e. The molecule has 36 heavy (non-hydrogen) atoms. The summed E-state index contributed by atoms with van der Waals surface area (Å²) in [6, 6.07) is 19.2. The molecule has 1 atom stereocenters. The maximum absolute atomic E-state index is 13.5. The number of amides is 1. The summed E-state index contributed by atoms with van der Waals surface area (Å²) in [5, 5.41) is 11.5. The van der Waals surface area contributed by atoms with E-state index in [1.807, 2.05) is 58.0 Å². The van der Waals surface area contributed by atoms with Crippen LogP contribution in [0, 0.1) is 6.92 Å². The van der Waals surface area contributed by atoms with Crippen LogP contribution < -0.4 is 14.4 Å². The Balaban J connectivity index is 1.95. The summed E-state index contributed by atoms with van der Waals surface area (Å²) in [5.41, 5.74) is 3.59. The number of aliphatic hydroxyl groups excluding tert-OH is 1. The number of benzene rings is 3. The molecule has 1 heterocycles. The first-order valence-corrected chi connectivity index (χ1v) is 12.1. The van der Waals surface area contributed by atoms with Gasteiger partial charge in [0.2, 0.25) is 0 Å². The Morgan fingerprint density at radius 2 is 1.78 bits per heavy atom. The number of aliphatic hydroxyl groups is 1. The van der Waals surface area contributed by atoms with Crippen molar-refractivity contribution in [2.75, 3.05) is 18.6 Å². The van der Waals surface area contributed by atoms with Crippen LogP contribution in [0.4, 0.5) is 5.69 Å². The molecule has 186 valence electrons. The Labute approximate surface area is 211 Å². The third-order valence-electron chi connectivity index (χ3n) is 6.46. The molecule has 1 saturated heterocycles. The van der Waals surface area contributed by atoms with Gasteiger partial charge >= 0.3 is 0 Å². The molecule has 0 aromatic heterocycles. The van der Waals surface area contributed by atoms with Crippen LogP contribution >= 0.6 is 0 Å². The number of carbonyl (C=O) groups excluding carboxylic acids is 2. The Morgan fingerprint density at radius 3 is 2.44 bits per heavy atom. The Bertz CT molecular complexity index is 1340. The minimum absolute atomic E-state index is 0.0518. The Morgan fingerprint density at radius 1 is 1.03 bits per heavy atom. The smallest absolute Gasteiger partial charge is 0.300 e. The van der Waals surface area contributed by atoms with Crippen molar-refractivity contribution in [1.82, 2.24) is 0 Å². The molecule has 3 aromatic carbocycles. The molecule has 1 aliphatic heterocycles. The number of nitrogens with zero attached hydrogens (tertiary/aromatic N) is 1. The second kappa shape index (κ2) is 10.3. The van der Waals surface area contributed by atoms with Crippen LogP contribution in [0.5, 0.6) is 11.5 Å². The summed E-state index contributed by atoms with van der Waals surface area (Å²) in [5.74, 6) is -0.221. The number of methoxy groups -OCH3 is 1. The van der Waals surface area contributed by atoms with Crippen molar-refractivity contribution in [2.45, 2.75) is 39.7 Å². The molecule has 1 unspecified atom stereocenters. The second-order valence-corrected chi connectivity index (χ2v) is 9.07. The number of hydrogen-bond donors (Lipinski definition) is 1. The van der Waals surface area contributed by atoms with Crippen molar-refractivity contribution in [3.05, 3.63) is 94.6 Å². The lowest BCUT2D eigenvalue weighted by molar-refractivity contribution is -0.132. The first-order chi connectivity index (χ1) is 17.3. The monoisotopic (exact) mass is 485 g/mol. The molecule has 4 rings (SSSR count). The number of hydrogen-bond acceptors (Lipinski definition) is 5. The quantitative estimate of drug-likeness (QED) is 0.247. The number of aryl methyl sites for hydroxylation is 1. The SMILES string of the molecule is CCOc1cccc(N2C(=O)C(=O)/C(=C(/O)c3ccc(OC)c(C(C)C)c3)C2c2ccccc2C)c1. The highest BCUT2D eigenvalue weighted by atomic mass is 16.5. The molecule has 1 aliphatic rings. The van der Waals surface area contributed by atoms with E-state index in [1.165, 1.54) is 4.90 Å². The Kier molecular flexibility index (Phi) is 7.15. The molecule has 6 nitrogen and oxygen atoms in total. The molecule has 6 heteroatoms. The van der Waals surface area contributed by atoms with Crippen LogP contribution in [0.3, 0.4) is 0 Å². The number of ketones is 1. The van der Waals surface area contributed by atoms with Crippen LogP contribution in [0.15, 0.2) is 72.3 Å². The number of carbonyl (C=O) groups is 2. The zero-order valence-corrected chi connectivity index (χ0v) is 21.2. The van der Waals surface area contributed by atoms with Gasteiger partial charge in [0, 0.05) is 17.3 Å². The van der Waals surface area contributed by atoms with Gasteiger partial charge in [-0.2, -0.15) is 0 Å². The molecule has 3 aromatic rings. The lowest BCUT2D eigenvalue weighted by atomic mass is 9.91. The van der Waals surface area contributed by atoms with Gasteiger partial charge in [0.25, 0.3) is 11.7 Å². The average molecular weight is 486 g/mol. The first kappa shape index (κ1) is 25.0. The summed E-state index contributed by atoms with van der Waals surface area (Å²) in [6.45, 7) is 8.33. The van der Waals surface area contributed by atoms with E-state index >= 15 is 0 Å². The number of ether oxygens (including phenoxy) is 2. The number of Topliss-reactive ketones (excluding diaryl/α,β-unsaturated/α-hetero) is 1. The fourth-order valence-electron chi connectivity index (χ4n) is 4.66. The molecule has 0 aliphatic carbocycles. The molecule has 1 fully saturated rings. The maximum atomic E-state index is 13.5. The topological polar surface area (TPSA) is 76.1 Å². The van der Waals surface area contributed by atoms with Crippen LogP contribution in [0.25, 0.3) is 5.76 Å². The molecule has 1 N–H and O–H groups in total. The van der Waals surface area contributed by atoms with Crippen molar-refractivity contribution >= 4 is 23.1 Å². The van der Waals surface area contributed by atoms with Crippen LogP contribution in [0.2, 0.25) is 0 Å². The van der Waals surface area contributed by atoms with E-state index in [4.69, 9.17) is 9.47 Å². The zero-order chi connectivity index (χ0) is 26.0. The third-order valence-corrected chi connectivity index (χ3v) is 6.46. The van der Waals surface area contributed by atoms with Gasteiger partial charge in [0.05, 0.1) is 25.3 Å². The van der Waals surface area contributed by atoms with Crippen molar-refractivity contribution in [3.63, 3.8) is 0 Å². The highest BCUT2D eigenvalue weighted by Crippen LogP contribution is 2.44.